The minimum atomic E-state index is -0.317. The number of benzene rings is 1. The molecule has 1 aromatic carbocycles. The summed E-state index contributed by atoms with van der Waals surface area (Å²) >= 11 is 3.12. The van der Waals surface area contributed by atoms with Gasteiger partial charge < -0.3 is 20.2 Å². The Balaban J connectivity index is 2.38. The molecule has 100 valence electrons. The molecule has 0 unspecified atom stereocenters. The molecule has 0 saturated carbocycles. The Kier molecular flexibility index (Phi) is 4.18. The molecule has 0 aliphatic carbocycles. The normalized spacial score (nSPS) is 10.3. The number of nitrogens with one attached hydrogen (secondary N) is 1. The van der Waals surface area contributed by atoms with Gasteiger partial charge in [0.15, 0.2) is 11.5 Å². The lowest BCUT2D eigenvalue weighted by molar-refractivity contribution is 0.372. The van der Waals surface area contributed by atoms with Crippen LogP contribution >= 0.6 is 15.9 Å². The Labute approximate surface area is 117 Å². The van der Waals surface area contributed by atoms with Crippen molar-refractivity contribution in [3.8, 4) is 17.4 Å². The first-order chi connectivity index (χ1) is 9.15. The minimum absolute atomic E-state index is 0.169. The second-order valence-corrected chi connectivity index (χ2v) is 4.44. The third-order valence-electron chi connectivity index (χ3n) is 2.43. The summed E-state index contributed by atoms with van der Waals surface area (Å²) in [5, 5.41) is 0. The van der Waals surface area contributed by atoms with Gasteiger partial charge in [-0.1, -0.05) is 6.07 Å². The van der Waals surface area contributed by atoms with E-state index in [1.807, 2.05) is 6.07 Å². The van der Waals surface area contributed by atoms with Crippen LogP contribution in [0.1, 0.15) is 5.56 Å². The highest BCUT2D eigenvalue weighted by atomic mass is 79.9. The minimum Gasteiger partial charge on any atom is -0.493 e. The molecule has 0 atom stereocenters. The van der Waals surface area contributed by atoms with Crippen LogP contribution in [0.5, 0.6) is 17.4 Å². The van der Waals surface area contributed by atoms with Crippen molar-refractivity contribution in [2.24, 2.45) is 5.73 Å². The lowest BCUT2D eigenvalue weighted by atomic mass is 10.2. The van der Waals surface area contributed by atoms with E-state index < -0.39 is 0 Å². The number of methoxy groups -OCH3 is 1. The second-order valence-electron chi connectivity index (χ2n) is 3.64. The molecule has 0 spiro atoms. The van der Waals surface area contributed by atoms with Crippen LogP contribution in [0, 0.1) is 0 Å². The molecule has 19 heavy (non-hydrogen) atoms. The van der Waals surface area contributed by atoms with E-state index in [9.17, 15) is 4.79 Å². The van der Waals surface area contributed by atoms with Gasteiger partial charge in [-0.15, -0.1) is 0 Å². The summed E-state index contributed by atoms with van der Waals surface area (Å²) in [6.45, 7) is 0.406. The maximum Gasteiger partial charge on any atom is 0.268 e. The number of hydrogen-bond donors (Lipinski definition) is 2. The SMILES string of the molecule is COc1cc(CN)ccc1Oc1nc[nH]c(=O)c1Br. The number of hydrogen-bond acceptors (Lipinski definition) is 5. The van der Waals surface area contributed by atoms with Crippen molar-refractivity contribution >= 4 is 15.9 Å². The zero-order valence-electron chi connectivity index (χ0n) is 10.1. The highest BCUT2D eigenvalue weighted by molar-refractivity contribution is 9.10. The van der Waals surface area contributed by atoms with Crippen LogP contribution < -0.4 is 20.8 Å². The fourth-order valence-electron chi connectivity index (χ4n) is 1.47. The number of aromatic nitrogens is 2. The van der Waals surface area contributed by atoms with E-state index in [2.05, 4.69) is 25.9 Å². The van der Waals surface area contributed by atoms with E-state index in [0.717, 1.165) is 5.56 Å². The number of nitrogens with two attached hydrogens (primary N) is 1. The van der Waals surface area contributed by atoms with Gasteiger partial charge in [0.25, 0.3) is 5.56 Å². The third-order valence-corrected chi connectivity index (χ3v) is 3.13. The number of aromatic amines is 1. The summed E-state index contributed by atoms with van der Waals surface area (Å²) in [6.07, 6.45) is 1.27. The van der Waals surface area contributed by atoms with E-state index in [4.69, 9.17) is 15.2 Å². The predicted molar refractivity (Wildman–Crippen MR) is 73.5 cm³/mol. The molecule has 3 N–H and O–H groups in total. The van der Waals surface area contributed by atoms with Gasteiger partial charge in [0, 0.05) is 6.54 Å². The topological polar surface area (TPSA) is 90.2 Å². The summed E-state index contributed by atoms with van der Waals surface area (Å²) in [6, 6.07) is 5.31. The molecule has 2 aromatic rings. The van der Waals surface area contributed by atoms with Gasteiger partial charge in [0.1, 0.15) is 4.47 Å². The molecule has 2 rings (SSSR count). The molecule has 0 fully saturated rings. The first-order valence-corrected chi connectivity index (χ1v) is 6.23. The first-order valence-electron chi connectivity index (χ1n) is 5.43. The Morgan fingerprint density at radius 3 is 2.89 bits per heavy atom. The van der Waals surface area contributed by atoms with E-state index in [1.165, 1.54) is 13.4 Å². The fraction of sp³-hybridized carbons (Fsp3) is 0.167. The smallest absolute Gasteiger partial charge is 0.268 e. The van der Waals surface area contributed by atoms with Crippen molar-refractivity contribution in [1.82, 2.24) is 9.97 Å². The van der Waals surface area contributed by atoms with Crippen LogP contribution in [0.2, 0.25) is 0 Å². The van der Waals surface area contributed by atoms with Gasteiger partial charge in [-0.25, -0.2) is 4.98 Å². The highest BCUT2D eigenvalue weighted by Crippen LogP contribution is 2.33. The Bertz CT molecular complexity index is 642. The van der Waals surface area contributed by atoms with Gasteiger partial charge in [0.05, 0.1) is 13.4 Å². The quantitative estimate of drug-likeness (QED) is 0.894. The molecule has 1 aromatic heterocycles. The summed E-state index contributed by atoms with van der Waals surface area (Å²) in [5.74, 6) is 1.15. The van der Waals surface area contributed by atoms with Crippen LogP contribution in [0.3, 0.4) is 0 Å². The van der Waals surface area contributed by atoms with Gasteiger partial charge in [-0.05, 0) is 33.6 Å². The fourth-order valence-corrected chi connectivity index (χ4v) is 1.76. The Hall–Kier alpha value is -1.86. The summed E-state index contributed by atoms with van der Waals surface area (Å²) in [5.41, 5.74) is 6.16. The van der Waals surface area contributed by atoms with Crippen molar-refractivity contribution < 1.29 is 9.47 Å². The molecule has 0 radical (unpaired) electrons. The van der Waals surface area contributed by atoms with Gasteiger partial charge >= 0.3 is 0 Å². The van der Waals surface area contributed by atoms with Gasteiger partial charge in [-0.3, -0.25) is 4.79 Å². The van der Waals surface area contributed by atoms with Crippen molar-refractivity contribution in [3.63, 3.8) is 0 Å². The van der Waals surface area contributed by atoms with Crippen LogP contribution in [0.4, 0.5) is 0 Å². The van der Waals surface area contributed by atoms with Crippen LogP contribution in [0.15, 0.2) is 33.8 Å². The average molecular weight is 326 g/mol. The molecule has 0 saturated heterocycles. The number of rotatable bonds is 4. The molecule has 6 nitrogen and oxygen atoms in total. The lowest BCUT2D eigenvalue weighted by Gasteiger charge is -2.11. The van der Waals surface area contributed by atoms with E-state index in [0.29, 0.717) is 18.0 Å². The molecule has 7 heteroatoms. The maximum atomic E-state index is 11.4. The monoisotopic (exact) mass is 325 g/mol. The Morgan fingerprint density at radius 1 is 1.42 bits per heavy atom. The first kappa shape index (κ1) is 13.6. The average Bonchev–Trinajstić information content (AvgIpc) is 2.44. The zero-order valence-corrected chi connectivity index (χ0v) is 11.7. The van der Waals surface area contributed by atoms with Crippen molar-refractivity contribution in [2.75, 3.05) is 7.11 Å². The van der Waals surface area contributed by atoms with Gasteiger partial charge in [-0.2, -0.15) is 0 Å². The molecule has 1 heterocycles. The predicted octanol–water partition coefficient (Wildman–Crippen LogP) is 1.79. The maximum absolute atomic E-state index is 11.4. The molecule has 0 amide bonds. The summed E-state index contributed by atoms with van der Waals surface area (Å²) < 4.78 is 11.0. The lowest BCUT2D eigenvalue weighted by Crippen LogP contribution is -2.08. The Morgan fingerprint density at radius 2 is 2.21 bits per heavy atom. The molecular weight excluding hydrogens is 314 g/mol. The van der Waals surface area contributed by atoms with Crippen molar-refractivity contribution in [3.05, 3.63) is 44.9 Å². The number of halogens is 1. The summed E-state index contributed by atoms with van der Waals surface area (Å²) in [4.78, 5) is 17.8. The zero-order chi connectivity index (χ0) is 13.8. The molecule has 0 aliphatic heterocycles. The van der Waals surface area contributed by atoms with Crippen LogP contribution in [-0.2, 0) is 6.54 Å². The van der Waals surface area contributed by atoms with E-state index >= 15 is 0 Å². The largest absolute Gasteiger partial charge is 0.493 e. The summed E-state index contributed by atoms with van der Waals surface area (Å²) in [7, 11) is 1.53. The number of ether oxygens (including phenoxy) is 2. The number of nitrogens with zero attached hydrogens (tertiary/aromatic N) is 1. The number of H-pyrrole nitrogens is 1. The molecule has 0 aliphatic rings. The van der Waals surface area contributed by atoms with Crippen molar-refractivity contribution in [1.29, 1.82) is 0 Å². The van der Waals surface area contributed by atoms with Crippen LogP contribution in [0.25, 0.3) is 0 Å². The van der Waals surface area contributed by atoms with Crippen LogP contribution in [-0.4, -0.2) is 17.1 Å². The standard InChI is InChI=1S/C12H12BrN3O3/c1-18-9-4-7(5-14)2-3-8(9)19-12-10(13)11(17)15-6-16-12/h2-4,6H,5,14H2,1H3,(H,15,16,17). The van der Waals surface area contributed by atoms with E-state index in [1.54, 1.807) is 12.1 Å². The highest BCUT2D eigenvalue weighted by Gasteiger charge is 2.11. The van der Waals surface area contributed by atoms with Gasteiger partial charge in [0.2, 0.25) is 5.88 Å². The molecular formula is C12H12BrN3O3. The van der Waals surface area contributed by atoms with Crippen molar-refractivity contribution in [2.45, 2.75) is 6.54 Å². The third kappa shape index (κ3) is 2.94. The van der Waals surface area contributed by atoms with E-state index in [-0.39, 0.29) is 15.9 Å². The second kappa shape index (κ2) is 5.85. The molecule has 0 bridgehead atoms.